The lowest BCUT2D eigenvalue weighted by molar-refractivity contribution is 0.162. The van der Waals surface area contributed by atoms with E-state index in [0.29, 0.717) is 0 Å². The molecule has 0 aliphatic heterocycles. The first-order chi connectivity index (χ1) is 10.4. The fourth-order valence-corrected chi connectivity index (χ4v) is 4.94. The van der Waals surface area contributed by atoms with Crippen molar-refractivity contribution in [1.82, 2.24) is 0 Å². The molecule has 0 spiro atoms. The molecular weight excluding hydrogens is 252 g/mol. The quantitative estimate of drug-likeness (QED) is 0.386. The van der Waals surface area contributed by atoms with E-state index in [1.165, 1.54) is 64.2 Å². The Morgan fingerprint density at radius 1 is 0.571 bits per heavy atom. The van der Waals surface area contributed by atoms with Crippen molar-refractivity contribution in [3.05, 3.63) is 0 Å². The van der Waals surface area contributed by atoms with Crippen LogP contribution in [0, 0.1) is 17.8 Å². The van der Waals surface area contributed by atoms with Gasteiger partial charge < -0.3 is 0 Å². The molecule has 0 unspecified atom stereocenters. The molecule has 0 heterocycles. The summed E-state index contributed by atoms with van der Waals surface area (Å²) in [5.41, 5.74) is 0. The minimum absolute atomic E-state index is 1.10. The molecule has 0 saturated heterocycles. The first kappa shape index (κ1) is 17.4. The average Bonchev–Trinajstić information content (AvgIpc) is 2.55. The summed E-state index contributed by atoms with van der Waals surface area (Å²) in [6.07, 6.45) is 25.8. The van der Waals surface area contributed by atoms with Gasteiger partial charge in [-0.3, -0.25) is 0 Å². The van der Waals surface area contributed by atoms with Crippen molar-refractivity contribution in [3.63, 3.8) is 0 Å². The Morgan fingerprint density at radius 2 is 1.14 bits per heavy atom. The summed E-state index contributed by atoms with van der Waals surface area (Å²) in [5.74, 6) is 3.34. The van der Waals surface area contributed by atoms with Crippen LogP contribution in [0.3, 0.4) is 0 Å². The van der Waals surface area contributed by atoms with Crippen LogP contribution in [0.25, 0.3) is 0 Å². The van der Waals surface area contributed by atoms with Gasteiger partial charge in [-0.25, -0.2) is 0 Å². The van der Waals surface area contributed by atoms with Crippen molar-refractivity contribution in [2.75, 3.05) is 0 Å². The fourth-order valence-electron chi connectivity index (χ4n) is 4.94. The van der Waals surface area contributed by atoms with E-state index in [4.69, 9.17) is 0 Å². The molecule has 2 aliphatic rings. The van der Waals surface area contributed by atoms with Gasteiger partial charge in [-0.15, -0.1) is 0 Å². The first-order valence-electron chi connectivity index (χ1n) is 10.4. The van der Waals surface area contributed by atoms with Crippen LogP contribution in [0.4, 0.5) is 0 Å². The summed E-state index contributed by atoms with van der Waals surface area (Å²) >= 11 is 0. The summed E-state index contributed by atoms with van der Waals surface area (Å²) in [6.45, 7) is 2.31. The fraction of sp³-hybridized carbons (Fsp3) is 1.00. The molecule has 0 N–H and O–H groups in total. The second-order valence-electron chi connectivity index (χ2n) is 8.09. The molecule has 21 heavy (non-hydrogen) atoms. The third kappa shape index (κ3) is 6.74. The van der Waals surface area contributed by atoms with Crippen LogP contribution in [0.1, 0.15) is 116 Å². The van der Waals surface area contributed by atoms with Crippen LogP contribution in [0.5, 0.6) is 0 Å². The lowest BCUT2D eigenvalue weighted by Crippen LogP contribution is -2.23. The second-order valence-corrected chi connectivity index (χ2v) is 8.09. The first-order valence-corrected chi connectivity index (χ1v) is 10.4. The van der Waals surface area contributed by atoms with E-state index in [9.17, 15) is 0 Å². The van der Waals surface area contributed by atoms with Crippen LogP contribution in [-0.4, -0.2) is 0 Å². The summed E-state index contributed by atoms with van der Waals surface area (Å²) in [6, 6.07) is 0. The molecule has 0 heteroatoms. The summed E-state index contributed by atoms with van der Waals surface area (Å²) < 4.78 is 0. The van der Waals surface area contributed by atoms with E-state index in [0.717, 1.165) is 17.8 Å². The largest absolute Gasteiger partial charge is 0.0654 e. The van der Waals surface area contributed by atoms with Gasteiger partial charge in [-0.2, -0.15) is 0 Å². The van der Waals surface area contributed by atoms with Gasteiger partial charge >= 0.3 is 0 Å². The Morgan fingerprint density at radius 3 is 1.81 bits per heavy atom. The molecule has 0 amide bonds. The van der Waals surface area contributed by atoms with E-state index in [-0.39, 0.29) is 0 Å². The van der Waals surface area contributed by atoms with Crippen molar-refractivity contribution >= 4 is 0 Å². The smallest absolute Gasteiger partial charge is 0.0386 e. The minimum atomic E-state index is 1.10. The molecular formula is C21H40. The summed E-state index contributed by atoms with van der Waals surface area (Å²) in [5, 5.41) is 0. The number of hydrogen-bond donors (Lipinski definition) is 0. The van der Waals surface area contributed by atoms with Crippen molar-refractivity contribution in [1.29, 1.82) is 0 Å². The van der Waals surface area contributed by atoms with Gasteiger partial charge in [0.05, 0.1) is 0 Å². The van der Waals surface area contributed by atoms with Gasteiger partial charge in [0, 0.05) is 0 Å². The van der Waals surface area contributed by atoms with E-state index in [2.05, 4.69) is 6.92 Å². The maximum absolute atomic E-state index is 2.31. The predicted molar refractivity (Wildman–Crippen MR) is 94.6 cm³/mol. The lowest BCUT2D eigenvalue weighted by Gasteiger charge is -2.36. The second kappa shape index (κ2) is 10.7. The maximum Gasteiger partial charge on any atom is -0.0386 e. The third-order valence-electron chi connectivity index (χ3n) is 6.42. The van der Waals surface area contributed by atoms with E-state index < -0.39 is 0 Å². The molecule has 0 radical (unpaired) electrons. The zero-order valence-corrected chi connectivity index (χ0v) is 14.8. The van der Waals surface area contributed by atoms with E-state index in [1.54, 1.807) is 44.9 Å². The molecule has 0 bridgehead atoms. The molecule has 0 nitrogen and oxygen atoms in total. The number of unbranched alkanes of at least 4 members (excludes halogenated alkanes) is 6. The zero-order valence-electron chi connectivity index (χ0n) is 14.8. The molecule has 0 atom stereocenters. The molecule has 0 aromatic heterocycles. The Hall–Kier alpha value is 0. The molecule has 2 fully saturated rings. The normalized spacial score (nSPS) is 27.9. The Bertz CT molecular complexity index is 230. The molecule has 0 aromatic rings. The van der Waals surface area contributed by atoms with Crippen molar-refractivity contribution < 1.29 is 0 Å². The zero-order chi connectivity index (χ0) is 14.8. The SMILES string of the molecule is CCCCCCCCCC1CCC(C2CCCCC2)CC1. The highest BCUT2D eigenvalue weighted by Crippen LogP contribution is 2.41. The highest BCUT2D eigenvalue weighted by molar-refractivity contribution is 4.79. The van der Waals surface area contributed by atoms with E-state index >= 15 is 0 Å². The summed E-state index contributed by atoms with van der Waals surface area (Å²) in [7, 11) is 0. The van der Waals surface area contributed by atoms with Gasteiger partial charge in [0.25, 0.3) is 0 Å². The summed E-state index contributed by atoms with van der Waals surface area (Å²) in [4.78, 5) is 0. The third-order valence-corrected chi connectivity index (χ3v) is 6.42. The van der Waals surface area contributed by atoms with Gasteiger partial charge in [-0.1, -0.05) is 103 Å². The standard InChI is InChI=1S/C21H40/c1-2-3-4-5-6-7-9-12-19-15-17-21(18-16-19)20-13-10-8-11-14-20/h19-21H,2-18H2,1H3. The van der Waals surface area contributed by atoms with E-state index in [1.807, 2.05) is 0 Å². The minimum Gasteiger partial charge on any atom is -0.0654 e. The average molecular weight is 293 g/mol. The van der Waals surface area contributed by atoms with Crippen LogP contribution in [-0.2, 0) is 0 Å². The molecule has 2 rings (SSSR count). The Labute approximate surface area is 134 Å². The molecule has 0 aromatic carbocycles. The van der Waals surface area contributed by atoms with Crippen LogP contribution < -0.4 is 0 Å². The van der Waals surface area contributed by atoms with Gasteiger partial charge in [0.2, 0.25) is 0 Å². The highest BCUT2D eigenvalue weighted by atomic mass is 14.3. The molecule has 2 saturated carbocycles. The van der Waals surface area contributed by atoms with Crippen LogP contribution >= 0.6 is 0 Å². The molecule has 2 aliphatic carbocycles. The number of hydrogen-bond acceptors (Lipinski definition) is 0. The van der Waals surface area contributed by atoms with Crippen LogP contribution in [0.15, 0.2) is 0 Å². The van der Waals surface area contributed by atoms with Crippen molar-refractivity contribution in [2.24, 2.45) is 17.8 Å². The topological polar surface area (TPSA) is 0 Å². The molecule has 124 valence electrons. The Kier molecular flexibility index (Phi) is 8.83. The van der Waals surface area contributed by atoms with Gasteiger partial charge in [0.1, 0.15) is 0 Å². The highest BCUT2D eigenvalue weighted by Gasteiger charge is 2.28. The lowest BCUT2D eigenvalue weighted by atomic mass is 9.70. The van der Waals surface area contributed by atoms with Gasteiger partial charge in [0.15, 0.2) is 0 Å². The van der Waals surface area contributed by atoms with Crippen molar-refractivity contribution in [3.8, 4) is 0 Å². The maximum atomic E-state index is 2.31. The monoisotopic (exact) mass is 292 g/mol. The number of rotatable bonds is 9. The predicted octanol–water partition coefficient (Wildman–Crippen LogP) is 7.51. The van der Waals surface area contributed by atoms with Gasteiger partial charge in [-0.05, 0) is 30.6 Å². The van der Waals surface area contributed by atoms with Crippen molar-refractivity contribution in [2.45, 2.75) is 116 Å². The Balaban J connectivity index is 1.47. The van der Waals surface area contributed by atoms with Crippen LogP contribution in [0.2, 0.25) is 0 Å².